The lowest BCUT2D eigenvalue weighted by Gasteiger charge is -2.14. The molecule has 0 unspecified atom stereocenters. The van der Waals surface area contributed by atoms with Gasteiger partial charge in [-0.15, -0.1) is 0 Å². The average Bonchev–Trinajstić information content (AvgIpc) is 3.21. The van der Waals surface area contributed by atoms with Crippen LogP contribution in [-0.2, 0) is 6.18 Å². The number of hydrogen-bond acceptors (Lipinski definition) is 3. The standard InChI is InChI=1S/C26H18ClF3N2O4/c1-31(2)24(34)16-10-11-20-17(14-6-8-15(9-7-14)25(35)36)12-21(32(20)13-16)23(33)22-18(26(28,29)30)4-3-5-19(22)27/h3-13H,1-2H3,(H,35,36). The fourth-order valence-electron chi connectivity index (χ4n) is 3.90. The van der Waals surface area contributed by atoms with Gasteiger partial charge in [-0.05, 0) is 48.0 Å². The molecule has 0 atom stereocenters. The molecule has 0 fully saturated rings. The first kappa shape index (κ1) is 25.0. The molecule has 10 heteroatoms. The summed E-state index contributed by atoms with van der Waals surface area (Å²) in [6.45, 7) is 0. The number of rotatable bonds is 5. The van der Waals surface area contributed by atoms with Crippen molar-refractivity contribution < 1.29 is 32.7 Å². The summed E-state index contributed by atoms with van der Waals surface area (Å²) in [5.74, 6) is -2.47. The van der Waals surface area contributed by atoms with Gasteiger partial charge in [0.05, 0.1) is 38.5 Å². The molecule has 0 spiro atoms. The Morgan fingerprint density at radius 1 is 0.944 bits per heavy atom. The summed E-state index contributed by atoms with van der Waals surface area (Å²) in [5.41, 5.74) is -0.362. The number of halogens is 4. The Labute approximate surface area is 208 Å². The van der Waals surface area contributed by atoms with E-state index in [1.165, 1.54) is 58.0 Å². The van der Waals surface area contributed by atoms with Crippen LogP contribution in [0.1, 0.15) is 42.3 Å². The lowest BCUT2D eigenvalue weighted by molar-refractivity contribution is -0.137. The van der Waals surface area contributed by atoms with Crippen LogP contribution < -0.4 is 0 Å². The Balaban J connectivity index is 1.99. The predicted molar refractivity (Wildman–Crippen MR) is 128 cm³/mol. The second-order valence-electron chi connectivity index (χ2n) is 8.19. The third kappa shape index (κ3) is 4.45. The average molecular weight is 515 g/mol. The van der Waals surface area contributed by atoms with Crippen molar-refractivity contribution in [3.63, 3.8) is 0 Å². The van der Waals surface area contributed by atoms with Crippen LogP contribution in [0.25, 0.3) is 16.6 Å². The number of ketones is 1. The number of aromatic carboxylic acids is 1. The summed E-state index contributed by atoms with van der Waals surface area (Å²) in [7, 11) is 3.09. The Morgan fingerprint density at radius 3 is 2.17 bits per heavy atom. The van der Waals surface area contributed by atoms with E-state index in [1.807, 2.05) is 0 Å². The molecule has 4 aromatic rings. The molecule has 2 heterocycles. The SMILES string of the molecule is CN(C)C(=O)c1ccc2c(-c3ccc(C(=O)O)cc3)cc(C(=O)c3c(Cl)cccc3C(F)(F)F)n2c1. The minimum absolute atomic E-state index is 0.0447. The third-order valence-corrected chi connectivity index (χ3v) is 5.95. The van der Waals surface area contributed by atoms with E-state index >= 15 is 0 Å². The molecule has 0 saturated heterocycles. The molecular weight excluding hydrogens is 497 g/mol. The van der Waals surface area contributed by atoms with Gasteiger partial charge in [-0.3, -0.25) is 9.59 Å². The number of nitrogens with zero attached hydrogens (tertiary/aromatic N) is 2. The van der Waals surface area contributed by atoms with Crippen LogP contribution in [0.4, 0.5) is 13.2 Å². The maximum atomic E-state index is 13.7. The first-order valence-corrected chi connectivity index (χ1v) is 10.9. The highest BCUT2D eigenvalue weighted by molar-refractivity contribution is 6.35. The third-order valence-electron chi connectivity index (χ3n) is 5.64. The van der Waals surface area contributed by atoms with Crippen molar-refractivity contribution in [3.05, 3.63) is 99.8 Å². The van der Waals surface area contributed by atoms with Gasteiger partial charge in [0.2, 0.25) is 5.78 Å². The second kappa shape index (κ2) is 9.16. The van der Waals surface area contributed by atoms with Crippen LogP contribution >= 0.6 is 11.6 Å². The number of amides is 1. The van der Waals surface area contributed by atoms with Gasteiger partial charge in [0.15, 0.2) is 0 Å². The second-order valence-corrected chi connectivity index (χ2v) is 8.59. The number of pyridine rings is 1. The smallest absolute Gasteiger partial charge is 0.417 e. The van der Waals surface area contributed by atoms with E-state index in [9.17, 15) is 32.7 Å². The summed E-state index contributed by atoms with van der Waals surface area (Å²) in [5, 5.41) is 8.81. The number of alkyl halides is 3. The van der Waals surface area contributed by atoms with Crippen molar-refractivity contribution in [2.75, 3.05) is 14.1 Å². The monoisotopic (exact) mass is 514 g/mol. The predicted octanol–water partition coefficient (Wildman–Crippen LogP) is 5.91. The highest BCUT2D eigenvalue weighted by Gasteiger charge is 2.37. The zero-order chi connectivity index (χ0) is 26.4. The fourth-order valence-corrected chi connectivity index (χ4v) is 4.16. The van der Waals surface area contributed by atoms with Crippen LogP contribution in [0, 0.1) is 0 Å². The lowest BCUT2D eigenvalue weighted by Crippen LogP contribution is -2.22. The number of fused-ring (bicyclic) bond motifs is 1. The van der Waals surface area contributed by atoms with Crippen molar-refractivity contribution in [3.8, 4) is 11.1 Å². The summed E-state index contributed by atoms with van der Waals surface area (Å²) >= 11 is 6.08. The zero-order valence-electron chi connectivity index (χ0n) is 18.9. The number of carbonyl (C=O) groups is 3. The number of carboxylic acid groups (broad SMARTS) is 1. The molecule has 2 aromatic carbocycles. The topological polar surface area (TPSA) is 79.1 Å². The lowest BCUT2D eigenvalue weighted by atomic mass is 10.00. The van der Waals surface area contributed by atoms with Crippen LogP contribution in [-0.4, -0.2) is 46.2 Å². The molecule has 0 bridgehead atoms. The van der Waals surface area contributed by atoms with Crippen molar-refractivity contribution in [2.24, 2.45) is 0 Å². The molecule has 0 radical (unpaired) electrons. The summed E-state index contributed by atoms with van der Waals surface area (Å²) in [6, 6.07) is 13.4. The van der Waals surface area contributed by atoms with Gasteiger partial charge in [-0.25, -0.2) is 4.79 Å². The normalized spacial score (nSPS) is 11.5. The summed E-state index contributed by atoms with van der Waals surface area (Å²) < 4.78 is 42.6. The minimum atomic E-state index is -4.83. The highest BCUT2D eigenvalue weighted by Crippen LogP contribution is 2.37. The van der Waals surface area contributed by atoms with Crippen LogP contribution in [0.3, 0.4) is 0 Å². The number of aromatic nitrogens is 1. The summed E-state index contributed by atoms with van der Waals surface area (Å²) in [6.07, 6.45) is -3.45. The zero-order valence-corrected chi connectivity index (χ0v) is 19.7. The van der Waals surface area contributed by atoms with Crippen molar-refractivity contribution in [2.45, 2.75) is 6.18 Å². The molecule has 1 amide bonds. The van der Waals surface area contributed by atoms with Crippen molar-refractivity contribution in [1.29, 1.82) is 0 Å². The van der Waals surface area contributed by atoms with Gasteiger partial charge < -0.3 is 14.4 Å². The van der Waals surface area contributed by atoms with E-state index in [-0.39, 0.29) is 27.8 Å². The van der Waals surface area contributed by atoms with Crippen molar-refractivity contribution in [1.82, 2.24) is 9.30 Å². The molecule has 0 aliphatic carbocycles. The number of hydrogen-bond donors (Lipinski definition) is 1. The molecule has 4 rings (SSSR count). The van der Waals surface area contributed by atoms with Gasteiger partial charge in [0.1, 0.15) is 0 Å². The fraction of sp³-hybridized carbons (Fsp3) is 0.115. The van der Waals surface area contributed by atoms with Gasteiger partial charge >= 0.3 is 12.1 Å². The van der Waals surface area contributed by atoms with Crippen LogP contribution in [0.15, 0.2) is 66.9 Å². The van der Waals surface area contributed by atoms with Crippen molar-refractivity contribution >= 4 is 34.8 Å². The van der Waals surface area contributed by atoms with Gasteiger partial charge in [-0.1, -0.05) is 29.8 Å². The van der Waals surface area contributed by atoms with E-state index in [2.05, 4.69) is 0 Å². The molecule has 36 heavy (non-hydrogen) atoms. The largest absolute Gasteiger partial charge is 0.478 e. The van der Waals surface area contributed by atoms with Gasteiger partial charge in [-0.2, -0.15) is 13.2 Å². The molecule has 2 aromatic heterocycles. The number of carbonyl (C=O) groups excluding carboxylic acids is 2. The van der Waals surface area contributed by atoms with Crippen LogP contribution in [0.2, 0.25) is 5.02 Å². The highest BCUT2D eigenvalue weighted by atomic mass is 35.5. The maximum absolute atomic E-state index is 13.7. The Bertz CT molecular complexity index is 1520. The molecular formula is C26H18ClF3N2O4. The molecule has 0 aliphatic heterocycles. The Kier molecular flexibility index (Phi) is 6.36. The molecule has 0 aliphatic rings. The molecule has 6 nitrogen and oxygen atoms in total. The quantitative estimate of drug-likeness (QED) is 0.336. The Morgan fingerprint density at radius 2 is 1.58 bits per heavy atom. The minimum Gasteiger partial charge on any atom is -0.478 e. The van der Waals surface area contributed by atoms with Gasteiger partial charge in [0, 0.05) is 25.9 Å². The first-order chi connectivity index (χ1) is 16.9. The van der Waals surface area contributed by atoms with E-state index < -0.39 is 29.1 Å². The number of benzene rings is 2. The first-order valence-electron chi connectivity index (χ1n) is 10.5. The van der Waals surface area contributed by atoms with E-state index in [0.29, 0.717) is 16.6 Å². The molecule has 184 valence electrons. The van der Waals surface area contributed by atoms with E-state index in [1.54, 1.807) is 20.2 Å². The van der Waals surface area contributed by atoms with Gasteiger partial charge in [0.25, 0.3) is 5.91 Å². The van der Waals surface area contributed by atoms with E-state index in [4.69, 9.17) is 11.6 Å². The molecule has 0 saturated carbocycles. The molecule has 1 N–H and O–H groups in total. The Hall–Kier alpha value is -4.11. The van der Waals surface area contributed by atoms with Crippen LogP contribution in [0.5, 0.6) is 0 Å². The van der Waals surface area contributed by atoms with E-state index in [0.717, 1.165) is 12.1 Å². The number of carboxylic acids is 1. The summed E-state index contributed by atoms with van der Waals surface area (Å²) in [4.78, 5) is 38.7. The maximum Gasteiger partial charge on any atom is 0.417 e.